The molecule has 0 saturated heterocycles. The molecule has 104 valence electrons. The van der Waals surface area contributed by atoms with Gasteiger partial charge in [-0.15, -0.1) is 0 Å². The van der Waals surface area contributed by atoms with Gasteiger partial charge in [-0.05, 0) is 12.1 Å². The van der Waals surface area contributed by atoms with Crippen LogP contribution < -0.4 is 15.4 Å². The first-order valence-corrected chi connectivity index (χ1v) is 6.16. The van der Waals surface area contributed by atoms with Crippen LogP contribution in [0.3, 0.4) is 0 Å². The van der Waals surface area contributed by atoms with Gasteiger partial charge in [0, 0.05) is 13.7 Å². The third-order valence-electron chi connectivity index (χ3n) is 2.85. The minimum Gasteiger partial charge on any atom is -0.489 e. The van der Waals surface area contributed by atoms with E-state index >= 15 is 0 Å². The highest BCUT2D eigenvalue weighted by atomic mass is 16.5. The molecule has 0 aliphatic carbocycles. The molecular weight excluding hydrogens is 248 g/mol. The van der Waals surface area contributed by atoms with E-state index in [9.17, 15) is 4.79 Å². The van der Waals surface area contributed by atoms with Crippen molar-refractivity contribution >= 4 is 11.6 Å². The normalized spacial score (nSPS) is 14.8. The van der Waals surface area contributed by atoms with Crippen LogP contribution in [-0.4, -0.2) is 50.5 Å². The highest BCUT2D eigenvalue weighted by Crippen LogP contribution is 2.31. The number of benzene rings is 1. The molecule has 6 nitrogen and oxygen atoms in total. The van der Waals surface area contributed by atoms with E-state index in [0.717, 1.165) is 12.2 Å². The fraction of sp³-hybridized carbons (Fsp3) is 0.462. The molecule has 2 rings (SSSR count). The first-order valence-electron chi connectivity index (χ1n) is 6.16. The van der Waals surface area contributed by atoms with Crippen molar-refractivity contribution in [2.24, 2.45) is 0 Å². The molecule has 1 aliphatic heterocycles. The second-order valence-electron chi connectivity index (χ2n) is 4.27. The molecule has 1 atom stereocenters. The van der Waals surface area contributed by atoms with Gasteiger partial charge < -0.3 is 25.2 Å². The Kier molecular flexibility index (Phi) is 4.59. The molecule has 1 aromatic rings. The van der Waals surface area contributed by atoms with Crippen molar-refractivity contribution in [3.63, 3.8) is 0 Å². The number of ether oxygens (including phenoxy) is 2. The molecule has 6 heteroatoms. The van der Waals surface area contributed by atoms with Crippen molar-refractivity contribution in [1.82, 2.24) is 5.32 Å². The summed E-state index contributed by atoms with van der Waals surface area (Å²) in [7, 11) is 1.52. The Labute approximate surface area is 111 Å². The Bertz CT molecular complexity index is 450. The first-order chi connectivity index (χ1) is 9.26. The number of fused-ring (bicyclic) bond motifs is 1. The molecule has 0 bridgehead atoms. The Morgan fingerprint density at radius 3 is 3.21 bits per heavy atom. The number of aliphatic hydroxyl groups excluding tert-OH is 1. The summed E-state index contributed by atoms with van der Waals surface area (Å²) in [6, 6.07) is 4.93. The van der Waals surface area contributed by atoms with E-state index in [2.05, 4.69) is 10.6 Å². The third-order valence-corrected chi connectivity index (χ3v) is 2.85. The van der Waals surface area contributed by atoms with Crippen LogP contribution in [0.25, 0.3) is 0 Å². The second kappa shape index (κ2) is 6.40. The smallest absolute Gasteiger partial charge is 0.255 e. The lowest BCUT2D eigenvalue weighted by Gasteiger charge is -2.22. The van der Waals surface area contributed by atoms with Crippen LogP contribution in [0.4, 0.5) is 5.69 Å². The number of hydrogen-bond donors (Lipinski definition) is 3. The molecule has 0 fully saturated rings. The molecule has 1 aromatic carbocycles. The van der Waals surface area contributed by atoms with Crippen LogP contribution in [0.1, 0.15) is 10.4 Å². The Hall–Kier alpha value is -1.79. The predicted molar refractivity (Wildman–Crippen MR) is 70.6 cm³/mol. The van der Waals surface area contributed by atoms with E-state index in [1.54, 1.807) is 12.1 Å². The largest absolute Gasteiger partial charge is 0.489 e. The van der Waals surface area contributed by atoms with Crippen LogP contribution in [-0.2, 0) is 4.74 Å². The number of para-hydroxylation sites is 1. The summed E-state index contributed by atoms with van der Waals surface area (Å²) in [5, 5.41) is 15.0. The molecule has 1 aliphatic rings. The monoisotopic (exact) mass is 266 g/mol. The van der Waals surface area contributed by atoms with Gasteiger partial charge in [-0.3, -0.25) is 4.79 Å². The van der Waals surface area contributed by atoms with E-state index in [1.165, 1.54) is 7.11 Å². The number of hydrogen-bond acceptors (Lipinski definition) is 5. The summed E-state index contributed by atoms with van der Waals surface area (Å²) in [4.78, 5) is 12.2. The van der Waals surface area contributed by atoms with Crippen LogP contribution >= 0.6 is 0 Å². The van der Waals surface area contributed by atoms with Gasteiger partial charge in [0.05, 0.1) is 30.5 Å². The molecule has 0 saturated carbocycles. The van der Waals surface area contributed by atoms with E-state index in [4.69, 9.17) is 14.6 Å². The van der Waals surface area contributed by atoms with Gasteiger partial charge in [-0.25, -0.2) is 0 Å². The van der Waals surface area contributed by atoms with Gasteiger partial charge in [0.15, 0.2) is 5.75 Å². The molecule has 1 heterocycles. The Morgan fingerprint density at radius 1 is 1.63 bits per heavy atom. The summed E-state index contributed by atoms with van der Waals surface area (Å²) in [5.41, 5.74) is 1.27. The van der Waals surface area contributed by atoms with Crippen molar-refractivity contribution in [2.45, 2.75) is 6.04 Å². The second-order valence-corrected chi connectivity index (χ2v) is 4.27. The zero-order chi connectivity index (χ0) is 13.7. The summed E-state index contributed by atoms with van der Waals surface area (Å²) in [6.45, 7) is 1.34. The van der Waals surface area contributed by atoms with Crippen LogP contribution in [0.2, 0.25) is 0 Å². The Morgan fingerprint density at radius 2 is 2.47 bits per heavy atom. The zero-order valence-electron chi connectivity index (χ0n) is 10.8. The third kappa shape index (κ3) is 3.15. The standard InChI is InChI=1S/C13H18N2O4/c1-18-8-9(7-16)15-13(17)10-3-2-4-11-12(10)19-6-5-14-11/h2-4,9,14,16H,5-8H2,1H3,(H,15,17). The minimum atomic E-state index is -0.426. The van der Waals surface area contributed by atoms with Gasteiger partial charge in [-0.2, -0.15) is 0 Å². The lowest BCUT2D eigenvalue weighted by molar-refractivity contribution is 0.0836. The average molecular weight is 266 g/mol. The van der Waals surface area contributed by atoms with Gasteiger partial charge in [0.1, 0.15) is 6.61 Å². The number of aliphatic hydroxyl groups is 1. The first kappa shape index (κ1) is 13.6. The van der Waals surface area contributed by atoms with Gasteiger partial charge in [0.25, 0.3) is 5.91 Å². The van der Waals surface area contributed by atoms with Gasteiger partial charge >= 0.3 is 0 Å². The molecule has 1 unspecified atom stereocenters. The lowest BCUT2D eigenvalue weighted by Crippen LogP contribution is -2.41. The maximum atomic E-state index is 12.2. The lowest BCUT2D eigenvalue weighted by atomic mass is 10.1. The van der Waals surface area contributed by atoms with Gasteiger partial charge in [-0.1, -0.05) is 6.07 Å². The fourth-order valence-electron chi connectivity index (χ4n) is 1.95. The number of anilines is 1. The van der Waals surface area contributed by atoms with Crippen LogP contribution in [0, 0.1) is 0 Å². The number of amides is 1. The minimum absolute atomic E-state index is 0.173. The number of methoxy groups -OCH3 is 1. The molecule has 0 aromatic heterocycles. The van der Waals surface area contributed by atoms with Crippen LogP contribution in [0.15, 0.2) is 18.2 Å². The van der Waals surface area contributed by atoms with Gasteiger partial charge in [0.2, 0.25) is 0 Å². The highest BCUT2D eigenvalue weighted by molar-refractivity contribution is 5.99. The summed E-state index contributed by atoms with van der Waals surface area (Å²) >= 11 is 0. The molecule has 19 heavy (non-hydrogen) atoms. The molecule has 1 amide bonds. The molecule has 3 N–H and O–H groups in total. The maximum Gasteiger partial charge on any atom is 0.255 e. The predicted octanol–water partition coefficient (Wildman–Crippen LogP) is 0.228. The maximum absolute atomic E-state index is 12.2. The quantitative estimate of drug-likeness (QED) is 0.711. The molecule has 0 radical (unpaired) electrons. The highest BCUT2D eigenvalue weighted by Gasteiger charge is 2.20. The van der Waals surface area contributed by atoms with Crippen molar-refractivity contribution in [1.29, 1.82) is 0 Å². The molecular formula is C13H18N2O4. The molecule has 0 spiro atoms. The number of carbonyl (C=O) groups is 1. The fourth-order valence-corrected chi connectivity index (χ4v) is 1.95. The SMILES string of the molecule is COCC(CO)NC(=O)c1cccc2c1OCCN2. The number of carbonyl (C=O) groups excluding carboxylic acids is 1. The Balaban J connectivity index is 2.15. The van der Waals surface area contributed by atoms with Crippen molar-refractivity contribution in [3.05, 3.63) is 23.8 Å². The summed E-state index contributed by atoms with van der Waals surface area (Å²) < 4.78 is 10.5. The number of nitrogens with one attached hydrogen (secondary N) is 2. The van der Waals surface area contributed by atoms with E-state index in [1.807, 2.05) is 6.07 Å². The van der Waals surface area contributed by atoms with Crippen LogP contribution in [0.5, 0.6) is 5.75 Å². The zero-order valence-corrected chi connectivity index (χ0v) is 10.8. The van der Waals surface area contributed by atoms with Crippen molar-refractivity contribution < 1.29 is 19.4 Å². The van der Waals surface area contributed by atoms with E-state index in [-0.39, 0.29) is 19.1 Å². The van der Waals surface area contributed by atoms with E-state index in [0.29, 0.717) is 17.9 Å². The number of rotatable bonds is 5. The van der Waals surface area contributed by atoms with Crippen molar-refractivity contribution in [3.8, 4) is 5.75 Å². The van der Waals surface area contributed by atoms with E-state index < -0.39 is 6.04 Å². The van der Waals surface area contributed by atoms with Crippen molar-refractivity contribution in [2.75, 3.05) is 38.8 Å². The summed E-state index contributed by atoms with van der Waals surface area (Å²) in [5.74, 6) is 0.275. The summed E-state index contributed by atoms with van der Waals surface area (Å²) in [6.07, 6.45) is 0. The topological polar surface area (TPSA) is 79.8 Å². The average Bonchev–Trinajstić information content (AvgIpc) is 2.46.